The average molecular weight is 200 g/mol. The highest BCUT2D eigenvalue weighted by Gasteiger charge is 2.40. The second kappa shape index (κ2) is 3.98. The van der Waals surface area contributed by atoms with Gasteiger partial charge in [0.25, 0.3) is 0 Å². The van der Waals surface area contributed by atoms with Crippen molar-refractivity contribution >= 4 is 11.9 Å². The molecule has 1 fully saturated rings. The first-order valence-electron chi connectivity index (χ1n) is 4.89. The first-order valence-corrected chi connectivity index (χ1v) is 4.89. The van der Waals surface area contributed by atoms with Crippen molar-refractivity contribution in [1.29, 1.82) is 0 Å². The van der Waals surface area contributed by atoms with Gasteiger partial charge in [0, 0.05) is 0 Å². The van der Waals surface area contributed by atoms with Crippen LogP contribution >= 0.6 is 0 Å². The zero-order chi connectivity index (χ0) is 10.9. The van der Waals surface area contributed by atoms with Gasteiger partial charge in [-0.25, -0.2) is 0 Å². The van der Waals surface area contributed by atoms with E-state index in [2.05, 4.69) is 0 Å². The van der Waals surface area contributed by atoms with Crippen LogP contribution in [0.4, 0.5) is 0 Å². The van der Waals surface area contributed by atoms with Crippen molar-refractivity contribution in [3.8, 4) is 0 Å². The molecule has 0 aromatic rings. The van der Waals surface area contributed by atoms with Gasteiger partial charge < -0.3 is 10.2 Å². The third kappa shape index (κ3) is 2.05. The Morgan fingerprint density at radius 2 is 1.21 bits per heavy atom. The van der Waals surface area contributed by atoms with E-state index in [0.717, 1.165) is 0 Å². The van der Waals surface area contributed by atoms with Gasteiger partial charge in [-0.3, -0.25) is 9.59 Å². The predicted molar refractivity (Wildman–Crippen MR) is 49.8 cm³/mol. The van der Waals surface area contributed by atoms with Gasteiger partial charge in [-0.05, 0) is 24.7 Å². The maximum absolute atomic E-state index is 10.9. The lowest BCUT2D eigenvalue weighted by atomic mass is 9.69. The van der Waals surface area contributed by atoms with E-state index < -0.39 is 23.8 Å². The summed E-state index contributed by atoms with van der Waals surface area (Å²) in [5.41, 5.74) is 0. The molecule has 0 bridgehead atoms. The standard InChI is InChI=1S/C10H16O4/c1-5-3-7(9(11)12)8(10(13)14)4-6(5)2/h5-8H,3-4H2,1-2H3,(H,11,12)(H,13,14)/t5-,6-,7+,8+/m0/s1. The maximum Gasteiger partial charge on any atom is 0.307 e. The molecule has 0 saturated heterocycles. The van der Waals surface area contributed by atoms with Crippen molar-refractivity contribution in [2.75, 3.05) is 0 Å². The molecule has 4 atom stereocenters. The van der Waals surface area contributed by atoms with Crippen LogP contribution in [0.3, 0.4) is 0 Å². The fourth-order valence-corrected chi connectivity index (χ4v) is 2.14. The van der Waals surface area contributed by atoms with Gasteiger partial charge in [0.2, 0.25) is 0 Å². The first-order chi connectivity index (χ1) is 6.43. The highest BCUT2D eigenvalue weighted by Crippen LogP contribution is 2.37. The van der Waals surface area contributed by atoms with Gasteiger partial charge in [0.1, 0.15) is 0 Å². The van der Waals surface area contributed by atoms with Crippen LogP contribution < -0.4 is 0 Å². The molecule has 0 heterocycles. The molecule has 4 nitrogen and oxygen atoms in total. The molecule has 0 aromatic carbocycles. The summed E-state index contributed by atoms with van der Waals surface area (Å²) in [4.78, 5) is 21.7. The Morgan fingerprint density at radius 1 is 0.929 bits per heavy atom. The van der Waals surface area contributed by atoms with Crippen molar-refractivity contribution in [2.24, 2.45) is 23.7 Å². The molecular weight excluding hydrogens is 184 g/mol. The summed E-state index contributed by atoms with van der Waals surface area (Å²) in [5.74, 6) is -2.77. The van der Waals surface area contributed by atoms with Gasteiger partial charge >= 0.3 is 11.9 Å². The second-order valence-corrected chi connectivity index (χ2v) is 4.32. The number of carbonyl (C=O) groups is 2. The van der Waals surface area contributed by atoms with Crippen LogP contribution in [0, 0.1) is 23.7 Å². The molecule has 1 rings (SSSR count). The summed E-state index contributed by atoms with van der Waals surface area (Å²) in [7, 11) is 0. The minimum atomic E-state index is -0.976. The van der Waals surface area contributed by atoms with Gasteiger partial charge in [-0.1, -0.05) is 13.8 Å². The molecule has 1 aliphatic carbocycles. The summed E-state index contributed by atoms with van der Waals surface area (Å²) in [5, 5.41) is 17.8. The molecule has 4 heteroatoms. The summed E-state index contributed by atoms with van der Waals surface area (Å²) >= 11 is 0. The van der Waals surface area contributed by atoms with Crippen molar-refractivity contribution in [3.05, 3.63) is 0 Å². The van der Waals surface area contributed by atoms with Crippen LogP contribution in [0.25, 0.3) is 0 Å². The molecule has 0 radical (unpaired) electrons. The van der Waals surface area contributed by atoms with E-state index >= 15 is 0 Å². The fraction of sp³-hybridized carbons (Fsp3) is 0.800. The van der Waals surface area contributed by atoms with Crippen LogP contribution in [0.1, 0.15) is 26.7 Å². The Bertz CT molecular complexity index is 223. The van der Waals surface area contributed by atoms with E-state index in [-0.39, 0.29) is 0 Å². The van der Waals surface area contributed by atoms with Crippen LogP contribution in [0.5, 0.6) is 0 Å². The van der Waals surface area contributed by atoms with Crippen LogP contribution in [0.15, 0.2) is 0 Å². The van der Waals surface area contributed by atoms with Crippen LogP contribution in [-0.4, -0.2) is 22.2 Å². The van der Waals surface area contributed by atoms with Crippen molar-refractivity contribution in [2.45, 2.75) is 26.7 Å². The van der Waals surface area contributed by atoms with E-state index in [1.54, 1.807) is 0 Å². The van der Waals surface area contributed by atoms with E-state index in [0.29, 0.717) is 24.7 Å². The zero-order valence-corrected chi connectivity index (χ0v) is 8.43. The van der Waals surface area contributed by atoms with Crippen molar-refractivity contribution < 1.29 is 19.8 Å². The Kier molecular flexibility index (Phi) is 3.13. The monoisotopic (exact) mass is 200 g/mol. The van der Waals surface area contributed by atoms with Crippen LogP contribution in [-0.2, 0) is 9.59 Å². The largest absolute Gasteiger partial charge is 0.481 e. The Balaban J connectivity index is 2.80. The normalized spacial score (nSPS) is 37.9. The lowest BCUT2D eigenvalue weighted by molar-refractivity contribution is -0.157. The van der Waals surface area contributed by atoms with Gasteiger partial charge in [0.05, 0.1) is 11.8 Å². The molecular formula is C10H16O4. The topological polar surface area (TPSA) is 74.6 Å². The molecule has 0 aliphatic heterocycles. The van der Waals surface area contributed by atoms with Gasteiger partial charge in [-0.15, -0.1) is 0 Å². The number of hydrogen-bond acceptors (Lipinski definition) is 2. The molecule has 1 aliphatic rings. The molecule has 80 valence electrons. The number of aliphatic carboxylic acids is 2. The van der Waals surface area contributed by atoms with Crippen molar-refractivity contribution in [1.82, 2.24) is 0 Å². The van der Waals surface area contributed by atoms with Crippen LogP contribution in [0.2, 0.25) is 0 Å². The molecule has 1 saturated carbocycles. The lowest BCUT2D eigenvalue weighted by Gasteiger charge is -2.34. The summed E-state index contributed by atoms with van der Waals surface area (Å²) in [6.45, 7) is 3.97. The highest BCUT2D eigenvalue weighted by atomic mass is 16.4. The molecule has 0 spiro atoms. The molecule has 2 N–H and O–H groups in total. The predicted octanol–water partition coefficient (Wildman–Crippen LogP) is 1.45. The highest BCUT2D eigenvalue weighted by molar-refractivity contribution is 5.80. The molecule has 0 aromatic heterocycles. The Morgan fingerprint density at radius 3 is 1.43 bits per heavy atom. The minimum Gasteiger partial charge on any atom is -0.481 e. The Hall–Kier alpha value is -1.06. The number of rotatable bonds is 2. The molecule has 0 amide bonds. The third-order valence-electron chi connectivity index (χ3n) is 3.34. The van der Waals surface area contributed by atoms with Gasteiger partial charge in [-0.2, -0.15) is 0 Å². The Labute approximate surface area is 82.9 Å². The fourth-order valence-electron chi connectivity index (χ4n) is 2.14. The molecule has 14 heavy (non-hydrogen) atoms. The number of carboxylic acid groups (broad SMARTS) is 2. The zero-order valence-electron chi connectivity index (χ0n) is 8.43. The van der Waals surface area contributed by atoms with Gasteiger partial charge in [0.15, 0.2) is 0 Å². The van der Waals surface area contributed by atoms with E-state index in [9.17, 15) is 9.59 Å². The maximum atomic E-state index is 10.9. The smallest absolute Gasteiger partial charge is 0.307 e. The first kappa shape index (κ1) is 11.0. The molecule has 0 unspecified atom stereocenters. The lowest BCUT2D eigenvalue weighted by Crippen LogP contribution is -2.38. The van der Waals surface area contributed by atoms with E-state index in [1.165, 1.54) is 0 Å². The average Bonchev–Trinajstić information content (AvgIpc) is 2.08. The quantitative estimate of drug-likeness (QED) is 0.707. The minimum absolute atomic E-state index is 0.298. The summed E-state index contributed by atoms with van der Waals surface area (Å²) < 4.78 is 0. The second-order valence-electron chi connectivity index (χ2n) is 4.32. The third-order valence-corrected chi connectivity index (χ3v) is 3.34. The van der Waals surface area contributed by atoms with E-state index in [1.807, 2.05) is 13.8 Å². The number of carboxylic acids is 2. The summed E-state index contributed by atoms with van der Waals surface area (Å²) in [6.07, 6.45) is 0.959. The van der Waals surface area contributed by atoms with Crippen molar-refractivity contribution in [3.63, 3.8) is 0 Å². The SMILES string of the molecule is C[C@H]1C[C@@H](C(=O)O)[C@H](C(=O)O)C[C@@H]1C. The number of hydrogen-bond donors (Lipinski definition) is 2. The summed E-state index contributed by atoms with van der Waals surface area (Å²) in [6, 6.07) is 0. The van der Waals surface area contributed by atoms with E-state index in [4.69, 9.17) is 10.2 Å².